The molecule has 0 spiro atoms. The van der Waals surface area contributed by atoms with E-state index in [9.17, 15) is 4.79 Å². The molecule has 58 valence electrons. The first-order chi connectivity index (χ1) is 5.20. The highest BCUT2D eigenvalue weighted by Gasteiger charge is 1.90. The number of nitrogens with zero attached hydrogens (tertiary/aromatic N) is 1. The highest BCUT2D eigenvalue weighted by Crippen LogP contribution is 2.00. The molecular weight excluding hydrogens is 140 g/mol. The summed E-state index contributed by atoms with van der Waals surface area (Å²) >= 11 is 0. The van der Waals surface area contributed by atoms with Crippen LogP contribution >= 0.6 is 0 Å². The van der Waals surface area contributed by atoms with E-state index in [0.717, 1.165) is 5.69 Å². The molecule has 1 aromatic rings. The Kier molecular flexibility index (Phi) is 2.11. The van der Waals surface area contributed by atoms with Crippen molar-refractivity contribution < 1.29 is 4.79 Å². The Bertz CT molecular complexity index is 286. The summed E-state index contributed by atoms with van der Waals surface area (Å²) in [5.41, 5.74) is 5.89. The number of aromatic nitrogens is 1. The quantitative estimate of drug-likeness (QED) is 0.614. The van der Waals surface area contributed by atoms with Gasteiger partial charge in [-0.1, -0.05) is 0 Å². The molecule has 3 nitrogen and oxygen atoms in total. The SMILES string of the molecule is Cn1cccc1/C=C/C(N)=O. The van der Waals surface area contributed by atoms with Crippen LogP contribution in [0.5, 0.6) is 0 Å². The van der Waals surface area contributed by atoms with Gasteiger partial charge in [-0.2, -0.15) is 0 Å². The van der Waals surface area contributed by atoms with Crippen LogP contribution in [0.15, 0.2) is 24.4 Å². The summed E-state index contributed by atoms with van der Waals surface area (Å²) in [7, 11) is 1.90. The van der Waals surface area contributed by atoms with Gasteiger partial charge in [-0.3, -0.25) is 4.79 Å². The van der Waals surface area contributed by atoms with Gasteiger partial charge < -0.3 is 10.3 Å². The second-order valence-corrected chi connectivity index (χ2v) is 2.28. The maximum atomic E-state index is 10.3. The zero-order valence-electron chi connectivity index (χ0n) is 6.32. The number of nitrogens with two attached hydrogens (primary N) is 1. The predicted molar refractivity (Wildman–Crippen MR) is 43.6 cm³/mol. The van der Waals surface area contributed by atoms with E-state index in [1.54, 1.807) is 6.08 Å². The van der Waals surface area contributed by atoms with Crippen LogP contribution < -0.4 is 5.73 Å². The molecule has 1 aromatic heterocycles. The maximum Gasteiger partial charge on any atom is 0.241 e. The number of hydrogen-bond acceptors (Lipinski definition) is 1. The van der Waals surface area contributed by atoms with Crippen molar-refractivity contribution in [2.45, 2.75) is 0 Å². The maximum absolute atomic E-state index is 10.3. The Balaban J connectivity index is 2.79. The lowest BCUT2D eigenvalue weighted by atomic mass is 10.4. The van der Waals surface area contributed by atoms with Gasteiger partial charge in [-0.25, -0.2) is 0 Å². The Labute approximate surface area is 65.1 Å². The van der Waals surface area contributed by atoms with Crippen molar-refractivity contribution in [3.05, 3.63) is 30.1 Å². The third kappa shape index (κ3) is 1.97. The molecule has 0 aromatic carbocycles. The monoisotopic (exact) mass is 150 g/mol. The van der Waals surface area contributed by atoms with Gasteiger partial charge in [0.25, 0.3) is 0 Å². The van der Waals surface area contributed by atoms with Crippen molar-refractivity contribution in [2.24, 2.45) is 12.8 Å². The predicted octanol–water partition coefficient (Wildman–Crippen LogP) is 0.524. The first-order valence-corrected chi connectivity index (χ1v) is 3.29. The van der Waals surface area contributed by atoms with Crippen LogP contribution in [-0.4, -0.2) is 10.5 Å². The molecule has 1 rings (SSSR count). The van der Waals surface area contributed by atoms with E-state index < -0.39 is 5.91 Å². The summed E-state index contributed by atoms with van der Waals surface area (Å²) in [6, 6.07) is 3.81. The summed E-state index contributed by atoms with van der Waals surface area (Å²) < 4.78 is 1.90. The lowest BCUT2D eigenvalue weighted by Gasteiger charge is -1.93. The molecule has 1 amide bonds. The average molecular weight is 150 g/mol. The van der Waals surface area contributed by atoms with E-state index in [0.29, 0.717) is 0 Å². The molecule has 11 heavy (non-hydrogen) atoms. The number of carbonyl (C=O) groups is 1. The summed E-state index contributed by atoms with van der Waals surface area (Å²) in [5, 5.41) is 0. The molecule has 0 saturated carbocycles. The van der Waals surface area contributed by atoms with Gasteiger partial charge in [0, 0.05) is 25.0 Å². The van der Waals surface area contributed by atoms with Crippen molar-refractivity contribution in [3.8, 4) is 0 Å². The summed E-state index contributed by atoms with van der Waals surface area (Å²) in [5.74, 6) is -0.425. The minimum absolute atomic E-state index is 0.425. The molecule has 0 radical (unpaired) electrons. The first kappa shape index (κ1) is 7.60. The number of aryl methyl sites for hydroxylation is 1. The van der Waals surface area contributed by atoms with Gasteiger partial charge in [0.2, 0.25) is 5.91 Å². The van der Waals surface area contributed by atoms with E-state index in [1.165, 1.54) is 6.08 Å². The minimum Gasteiger partial charge on any atom is -0.366 e. The molecule has 0 aliphatic heterocycles. The minimum atomic E-state index is -0.425. The van der Waals surface area contributed by atoms with E-state index >= 15 is 0 Å². The number of amides is 1. The topological polar surface area (TPSA) is 48.0 Å². The van der Waals surface area contributed by atoms with Crippen LogP contribution in [0.3, 0.4) is 0 Å². The molecule has 0 bridgehead atoms. The van der Waals surface area contributed by atoms with Crippen LogP contribution in [0.2, 0.25) is 0 Å². The fourth-order valence-electron chi connectivity index (χ4n) is 0.815. The van der Waals surface area contributed by atoms with Gasteiger partial charge in [-0.05, 0) is 18.2 Å². The van der Waals surface area contributed by atoms with Crippen LogP contribution in [0, 0.1) is 0 Å². The van der Waals surface area contributed by atoms with Crippen molar-refractivity contribution in [1.29, 1.82) is 0 Å². The fraction of sp³-hybridized carbons (Fsp3) is 0.125. The molecule has 0 atom stereocenters. The number of carbonyl (C=O) groups excluding carboxylic acids is 1. The zero-order chi connectivity index (χ0) is 8.27. The van der Waals surface area contributed by atoms with E-state index in [1.807, 2.05) is 29.9 Å². The molecule has 0 saturated heterocycles. The molecule has 0 aliphatic rings. The normalized spacial score (nSPS) is 10.6. The average Bonchev–Trinajstić information content (AvgIpc) is 2.31. The van der Waals surface area contributed by atoms with Crippen LogP contribution in [0.4, 0.5) is 0 Å². The molecule has 1 heterocycles. The summed E-state index contributed by atoms with van der Waals surface area (Å²) in [4.78, 5) is 10.3. The highest BCUT2D eigenvalue weighted by molar-refractivity contribution is 5.89. The molecular formula is C8H10N2O. The molecule has 3 heteroatoms. The second kappa shape index (κ2) is 3.05. The van der Waals surface area contributed by atoms with E-state index in [2.05, 4.69) is 0 Å². The highest BCUT2D eigenvalue weighted by atomic mass is 16.1. The first-order valence-electron chi connectivity index (χ1n) is 3.29. The zero-order valence-corrected chi connectivity index (χ0v) is 6.32. The second-order valence-electron chi connectivity index (χ2n) is 2.28. The van der Waals surface area contributed by atoms with Crippen molar-refractivity contribution in [1.82, 2.24) is 4.57 Å². The lowest BCUT2D eigenvalue weighted by Crippen LogP contribution is -2.05. The van der Waals surface area contributed by atoms with Gasteiger partial charge in [-0.15, -0.1) is 0 Å². The molecule has 0 aliphatic carbocycles. The van der Waals surface area contributed by atoms with Gasteiger partial charge in [0.05, 0.1) is 0 Å². The lowest BCUT2D eigenvalue weighted by molar-refractivity contribution is -0.113. The number of rotatable bonds is 2. The molecule has 2 N–H and O–H groups in total. The van der Waals surface area contributed by atoms with E-state index in [-0.39, 0.29) is 0 Å². The Morgan fingerprint density at radius 3 is 2.91 bits per heavy atom. The third-order valence-corrected chi connectivity index (χ3v) is 1.40. The largest absolute Gasteiger partial charge is 0.366 e. The van der Waals surface area contributed by atoms with Crippen LogP contribution in [0.1, 0.15) is 5.69 Å². The fourth-order valence-corrected chi connectivity index (χ4v) is 0.815. The van der Waals surface area contributed by atoms with Crippen LogP contribution in [0.25, 0.3) is 6.08 Å². The Hall–Kier alpha value is -1.51. The van der Waals surface area contributed by atoms with Crippen molar-refractivity contribution in [3.63, 3.8) is 0 Å². The third-order valence-electron chi connectivity index (χ3n) is 1.40. The number of hydrogen-bond donors (Lipinski definition) is 1. The number of primary amides is 1. The Morgan fingerprint density at radius 1 is 1.73 bits per heavy atom. The van der Waals surface area contributed by atoms with Gasteiger partial charge in [0.1, 0.15) is 0 Å². The van der Waals surface area contributed by atoms with Crippen LogP contribution in [-0.2, 0) is 11.8 Å². The summed E-state index contributed by atoms with van der Waals surface area (Å²) in [6.45, 7) is 0. The van der Waals surface area contributed by atoms with Crippen molar-refractivity contribution in [2.75, 3.05) is 0 Å². The molecule has 0 unspecified atom stereocenters. The summed E-state index contributed by atoms with van der Waals surface area (Å²) in [6.07, 6.45) is 4.93. The smallest absolute Gasteiger partial charge is 0.241 e. The molecule has 0 fully saturated rings. The van der Waals surface area contributed by atoms with Gasteiger partial charge >= 0.3 is 0 Å². The van der Waals surface area contributed by atoms with E-state index in [4.69, 9.17) is 5.73 Å². The standard InChI is InChI=1S/C8H10N2O/c1-10-6-2-3-7(10)4-5-8(9)11/h2-6H,1H3,(H2,9,11)/b5-4+. The van der Waals surface area contributed by atoms with Crippen molar-refractivity contribution >= 4 is 12.0 Å². The van der Waals surface area contributed by atoms with Gasteiger partial charge in [0.15, 0.2) is 0 Å². The Morgan fingerprint density at radius 2 is 2.45 bits per heavy atom.